The Morgan fingerprint density at radius 2 is 2.03 bits per heavy atom. The number of aromatic amines is 1. The average molecular weight is 426 g/mol. The van der Waals surface area contributed by atoms with Crippen LogP contribution in [0, 0.1) is 19.7 Å². The van der Waals surface area contributed by atoms with Crippen molar-refractivity contribution in [3.05, 3.63) is 52.5 Å². The van der Waals surface area contributed by atoms with E-state index in [0.29, 0.717) is 29.0 Å². The predicted octanol–water partition coefficient (Wildman–Crippen LogP) is 5.86. The first kappa shape index (κ1) is 21.4. The molecule has 0 bridgehead atoms. The molecule has 0 aliphatic carbocycles. The number of H-pyrrole nitrogens is 1. The number of carboxylic acids is 1. The number of ether oxygens (including phenoxy) is 2. The monoisotopic (exact) mass is 425 g/mol. The summed E-state index contributed by atoms with van der Waals surface area (Å²) in [4.78, 5) is 15.5. The van der Waals surface area contributed by atoms with E-state index >= 15 is 4.39 Å². The van der Waals surface area contributed by atoms with Crippen LogP contribution in [0.3, 0.4) is 0 Å². The standard InChI is InChI=1S/C25H28FNO4/c1-13-11-19-16(8-9-27-19)21(20(13)23(24(28)29)31-25(3,4)5)17-12-18(26)22-15(14(17)2)7-6-10-30-22/h8-9,11-12,23,27H,6-7,10H2,1-5H3,(H,28,29)/t23-/m0/s1. The number of hydrogen-bond acceptors (Lipinski definition) is 3. The van der Waals surface area contributed by atoms with Crippen LogP contribution in [-0.2, 0) is 16.0 Å². The van der Waals surface area contributed by atoms with Crippen molar-refractivity contribution in [3.8, 4) is 16.9 Å². The smallest absolute Gasteiger partial charge is 0.337 e. The SMILES string of the molecule is Cc1cc2[nH]ccc2c(-c2cc(F)c3c(c2C)CCCO3)c1[C@H](OC(C)(C)C)C(=O)O. The number of rotatable bonds is 4. The van der Waals surface area contributed by atoms with E-state index in [1.54, 1.807) is 0 Å². The molecule has 0 unspecified atom stereocenters. The highest BCUT2D eigenvalue weighted by atomic mass is 19.1. The molecule has 0 fully saturated rings. The van der Waals surface area contributed by atoms with Gasteiger partial charge in [0.15, 0.2) is 17.7 Å². The van der Waals surface area contributed by atoms with Crippen LogP contribution in [0.2, 0.25) is 0 Å². The zero-order valence-electron chi connectivity index (χ0n) is 18.6. The van der Waals surface area contributed by atoms with Gasteiger partial charge in [0.05, 0.1) is 12.2 Å². The Balaban J connectivity index is 2.07. The van der Waals surface area contributed by atoms with E-state index in [1.165, 1.54) is 6.07 Å². The molecular weight excluding hydrogens is 397 g/mol. The molecule has 1 aromatic heterocycles. The number of benzene rings is 2. The molecule has 2 heterocycles. The van der Waals surface area contributed by atoms with Gasteiger partial charge >= 0.3 is 5.97 Å². The van der Waals surface area contributed by atoms with Crippen LogP contribution in [0.1, 0.15) is 55.5 Å². The number of nitrogens with one attached hydrogen (secondary N) is 1. The van der Waals surface area contributed by atoms with E-state index in [2.05, 4.69) is 4.98 Å². The van der Waals surface area contributed by atoms with Crippen molar-refractivity contribution in [2.45, 2.75) is 59.2 Å². The normalized spacial score (nSPS) is 14.9. The van der Waals surface area contributed by atoms with Crippen molar-refractivity contribution in [2.75, 3.05) is 6.61 Å². The lowest BCUT2D eigenvalue weighted by molar-refractivity contribution is -0.160. The summed E-state index contributed by atoms with van der Waals surface area (Å²) in [6.07, 6.45) is 2.17. The molecule has 164 valence electrons. The number of aliphatic carboxylic acids is 1. The summed E-state index contributed by atoms with van der Waals surface area (Å²) in [6.45, 7) is 9.80. The van der Waals surface area contributed by atoms with Crippen LogP contribution >= 0.6 is 0 Å². The fourth-order valence-corrected chi connectivity index (χ4v) is 4.49. The van der Waals surface area contributed by atoms with Crippen molar-refractivity contribution in [1.82, 2.24) is 4.98 Å². The van der Waals surface area contributed by atoms with E-state index in [1.807, 2.05) is 52.9 Å². The third kappa shape index (κ3) is 3.81. The molecule has 0 saturated heterocycles. The molecule has 2 N–H and O–H groups in total. The largest absolute Gasteiger partial charge is 0.490 e. The lowest BCUT2D eigenvalue weighted by atomic mass is 9.85. The van der Waals surface area contributed by atoms with Gasteiger partial charge in [-0.3, -0.25) is 0 Å². The first-order chi connectivity index (χ1) is 14.6. The molecule has 0 radical (unpaired) electrons. The number of aryl methyl sites for hydroxylation is 1. The van der Waals surface area contributed by atoms with Gasteiger partial charge in [-0.15, -0.1) is 0 Å². The zero-order valence-corrected chi connectivity index (χ0v) is 18.6. The van der Waals surface area contributed by atoms with E-state index in [4.69, 9.17) is 9.47 Å². The molecule has 2 aromatic carbocycles. The number of halogens is 1. The molecule has 0 spiro atoms. The molecule has 5 nitrogen and oxygen atoms in total. The molecule has 0 amide bonds. The van der Waals surface area contributed by atoms with Crippen molar-refractivity contribution < 1.29 is 23.8 Å². The average Bonchev–Trinajstić information content (AvgIpc) is 3.15. The third-order valence-corrected chi connectivity index (χ3v) is 5.77. The second-order valence-corrected chi connectivity index (χ2v) is 9.16. The maximum absolute atomic E-state index is 15.1. The molecule has 6 heteroatoms. The fourth-order valence-electron chi connectivity index (χ4n) is 4.49. The van der Waals surface area contributed by atoms with Gasteiger partial charge in [-0.25, -0.2) is 9.18 Å². The van der Waals surface area contributed by atoms with Crippen LogP contribution in [-0.4, -0.2) is 28.3 Å². The number of hydrogen-bond donors (Lipinski definition) is 2. The summed E-state index contributed by atoms with van der Waals surface area (Å²) in [7, 11) is 0. The number of fused-ring (bicyclic) bond motifs is 2. The van der Waals surface area contributed by atoms with E-state index in [-0.39, 0.29) is 0 Å². The first-order valence-electron chi connectivity index (χ1n) is 10.5. The molecule has 1 atom stereocenters. The summed E-state index contributed by atoms with van der Waals surface area (Å²) in [5, 5.41) is 10.9. The second-order valence-electron chi connectivity index (χ2n) is 9.16. The Morgan fingerprint density at radius 3 is 2.71 bits per heavy atom. The summed E-state index contributed by atoms with van der Waals surface area (Å²) in [5.41, 5.74) is 4.64. The predicted molar refractivity (Wildman–Crippen MR) is 118 cm³/mol. The number of carbonyl (C=O) groups is 1. The maximum Gasteiger partial charge on any atom is 0.337 e. The molecule has 1 aliphatic heterocycles. The van der Waals surface area contributed by atoms with Crippen LogP contribution in [0.15, 0.2) is 24.4 Å². The minimum Gasteiger partial charge on any atom is -0.490 e. The lowest BCUT2D eigenvalue weighted by Crippen LogP contribution is -2.28. The van der Waals surface area contributed by atoms with E-state index < -0.39 is 23.5 Å². The minimum atomic E-state index is -1.19. The van der Waals surface area contributed by atoms with Gasteiger partial charge in [0.25, 0.3) is 0 Å². The van der Waals surface area contributed by atoms with Crippen molar-refractivity contribution in [2.24, 2.45) is 0 Å². The number of carboxylic acid groups (broad SMARTS) is 1. The molecular formula is C25H28FNO4. The van der Waals surface area contributed by atoms with E-state index in [0.717, 1.165) is 40.4 Å². The molecule has 3 aromatic rings. The highest BCUT2D eigenvalue weighted by Gasteiger charge is 2.33. The maximum atomic E-state index is 15.1. The summed E-state index contributed by atoms with van der Waals surface area (Å²) < 4.78 is 26.7. The van der Waals surface area contributed by atoms with E-state index in [9.17, 15) is 9.90 Å². The Morgan fingerprint density at radius 1 is 1.29 bits per heavy atom. The van der Waals surface area contributed by atoms with Gasteiger partial charge in [0.2, 0.25) is 0 Å². The molecule has 4 rings (SSSR count). The Kier molecular flexibility index (Phi) is 5.30. The van der Waals surface area contributed by atoms with Crippen LogP contribution in [0.25, 0.3) is 22.0 Å². The molecule has 1 aliphatic rings. The van der Waals surface area contributed by atoms with Gasteiger partial charge in [0.1, 0.15) is 0 Å². The van der Waals surface area contributed by atoms with Crippen LogP contribution in [0.5, 0.6) is 5.75 Å². The summed E-state index contributed by atoms with van der Waals surface area (Å²) in [5.74, 6) is -1.18. The molecule has 0 saturated carbocycles. The van der Waals surface area contributed by atoms with Crippen molar-refractivity contribution in [1.29, 1.82) is 0 Å². The van der Waals surface area contributed by atoms with Crippen molar-refractivity contribution in [3.63, 3.8) is 0 Å². The third-order valence-electron chi connectivity index (χ3n) is 5.77. The first-order valence-corrected chi connectivity index (χ1v) is 10.5. The topological polar surface area (TPSA) is 71.5 Å². The zero-order chi connectivity index (χ0) is 22.5. The second kappa shape index (κ2) is 7.68. The lowest BCUT2D eigenvalue weighted by Gasteiger charge is -2.29. The van der Waals surface area contributed by atoms with Gasteiger partial charge in [0, 0.05) is 28.2 Å². The number of aromatic nitrogens is 1. The van der Waals surface area contributed by atoms with Gasteiger partial charge in [-0.1, -0.05) is 0 Å². The fraction of sp³-hybridized carbons (Fsp3) is 0.400. The van der Waals surface area contributed by atoms with Gasteiger partial charge in [-0.05, 0) is 87.9 Å². The van der Waals surface area contributed by atoms with Crippen LogP contribution < -0.4 is 4.74 Å². The Hall–Kier alpha value is -2.86. The van der Waals surface area contributed by atoms with Gasteiger partial charge < -0.3 is 19.6 Å². The van der Waals surface area contributed by atoms with Crippen LogP contribution in [0.4, 0.5) is 4.39 Å². The minimum absolute atomic E-state index is 0.313. The summed E-state index contributed by atoms with van der Waals surface area (Å²) in [6, 6.07) is 5.29. The van der Waals surface area contributed by atoms with Crippen molar-refractivity contribution >= 4 is 16.9 Å². The highest BCUT2D eigenvalue weighted by Crippen LogP contribution is 2.44. The Labute approximate surface area is 181 Å². The summed E-state index contributed by atoms with van der Waals surface area (Å²) >= 11 is 0. The quantitative estimate of drug-likeness (QED) is 0.549. The highest BCUT2D eigenvalue weighted by molar-refractivity contribution is 6.00. The Bertz CT molecular complexity index is 1170. The van der Waals surface area contributed by atoms with Gasteiger partial charge in [-0.2, -0.15) is 0 Å². The molecule has 31 heavy (non-hydrogen) atoms.